The van der Waals surface area contributed by atoms with Crippen molar-refractivity contribution in [1.82, 2.24) is 0 Å². The van der Waals surface area contributed by atoms with Gasteiger partial charge in [-0.1, -0.05) is 0 Å². The third kappa shape index (κ3) is 99.8. The quantitative estimate of drug-likeness (QED) is 0.250. The van der Waals surface area contributed by atoms with Crippen LogP contribution in [0.4, 0.5) is 0 Å². The van der Waals surface area contributed by atoms with Crippen LogP contribution in [0, 0.1) is 0 Å². The molecule has 0 aromatic carbocycles. The van der Waals surface area contributed by atoms with E-state index in [2.05, 4.69) is 0 Å². The van der Waals surface area contributed by atoms with Crippen LogP contribution in [-0.4, -0.2) is 22.4 Å². The first-order valence-electron chi connectivity index (χ1n) is 0.775. The minimum atomic E-state index is -2.17. The molecule has 0 aliphatic carbocycles. The van der Waals surface area contributed by atoms with Crippen molar-refractivity contribution in [2.45, 2.75) is 0 Å². The van der Waals surface area contributed by atoms with E-state index in [4.69, 9.17) is 15.1 Å². The molecule has 0 amide bonds. The van der Waals surface area contributed by atoms with E-state index in [0.717, 1.165) is 0 Å². The van der Waals surface area contributed by atoms with Crippen molar-refractivity contribution in [2.75, 3.05) is 0 Å². The van der Waals surface area contributed by atoms with E-state index in [1.807, 2.05) is 0 Å². The molecule has 0 saturated heterocycles. The van der Waals surface area contributed by atoms with E-state index in [1.165, 1.54) is 0 Å². The normalized spacial score (nSPS) is 5.40. The Morgan fingerprint density at radius 2 is 1.20 bits per heavy atom. The Morgan fingerprint density at radius 3 is 1.20 bits per heavy atom. The Balaban J connectivity index is -0.0000000450. The molecule has 0 saturated carbocycles. The van der Waals surface area contributed by atoms with Crippen LogP contribution in [0.25, 0.3) is 0 Å². The van der Waals surface area contributed by atoms with Gasteiger partial charge in [-0.15, -0.1) is 0 Å². The van der Waals surface area contributed by atoms with Crippen LogP contribution >= 0.6 is 0 Å². The monoisotopic (exact) mass is 70.0 g/mol. The Labute approximate surface area is 43.5 Å². The minimum Gasteiger partial charge on any atom is -1.00 e. The van der Waals surface area contributed by atoms with Gasteiger partial charge in [-0.25, -0.2) is 0 Å². The van der Waals surface area contributed by atoms with Gasteiger partial charge in [0.2, 0.25) is 0 Å². The predicted molar refractivity (Wildman–Crippen MR) is 13.5 cm³/mol. The standard InChI is InChI=1S/BH3O3.Li.H/c2-1(3)4;;/h2-4H;;/q;+1;-1. The van der Waals surface area contributed by atoms with Gasteiger partial charge >= 0.3 is 26.2 Å². The van der Waals surface area contributed by atoms with Crippen LogP contribution in [-0.2, 0) is 0 Å². The van der Waals surface area contributed by atoms with Crippen molar-refractivity contribution in [3.05, 3.63) is 0 Å². The molecule has 0 heterocycles. The molecule has 0 aromatic rings. The molecule has 0 spiro atoms. The molecule has 0 atom stereocenters. The molecule has 0 fully saturated rings. The van der Waals surface area contributed by atoms with Crippen molar-refractivity contribution in [2.24, 2.45) is 0 Å². The van der Waals surface area contributed by atoms with Gasteiger partial charge in [0.05, 0.1) is 0 Å². The van der Waals surface area contributed by atoms with Crippen LogP contribution < -0.4 is 18.9 Å². The van der Waals surface area contributed by atoms with Gasteiger partial charge in [-0.2, -0.15) is 0 Å². The van der Waals surface area contributed by atoms with Gasteiger partial charge in [0.25, 0.3) is 0 Å². The zero-order chi connectivity index (χ0) is 3.58. The Morgan fingerprint density at radius 1 is 1.20 bits per heavy atom. The van der Waals surface area contributed by atoms with Gasteiger partial charge in [-0.3, -0.25) is 0 Å². The van der Waals surface area contributed by atoms with Crippen molar-refractivity contribution >= 4 is 7.32 Å². The van der Waals surface area contributed by atoms with E-state index in [0.29, 0.717) is 0 Å². The summed E-state index contributed by atoms with van der Waals surface area (Å²) < 4.78 is 0. The molecular weight excluding hydrogens is 65.8 g/mol. The van der Waals surface area contributed by atoms with Crippen molar-refractivity contribution in [3.63, 3.8) is 0 Å². The average Bonchev–Trinajstić information content (AvgIpc) is 0.811. The van der Waals surface area contributed by atoms with Crippen LogP contribution in [0.3, 0.4) is 0 Å². The molecule has 0 bridgehead atoms. The van der Waals surface area contributed by atoms with Gasteiger partial charge in [-0.05, 0) is 0 Å². The largest absolute Gasteiger partial charge is 1.00 e. The summed E-state index contributed by atoms with van der Waals surface area (Å²) in [5.41, 5.74) is 0. The second-order valence-electron chi connectivity index (χ2n) is 0.346. The van der Waals surface area contributed by atoms with E-state index in [1.54, 1.807) is 0 Å². The van der Waals surface area contributed by atoms with Gasteiger partial charge in [0, 0.05) is 0 Å². The first-order chi connectivity index (χ1) is 1.73. The maximum atomic E-state index is 7.17. The third-order valence-corrected chi connectivity index (χ3v) is 0. The summed E-state index contributed by atoms with van der Waals surface area (Å²) >= 11 is 0. The molecule has 0 aromatic heterocycles. The third-order valence-electron chi connectivity index (χ3n) is 0. The fraction of sp³-hybridized carbons (Fsp3) is 0. The van der Waals surface area contributed by atoms with Crippen LogP contribution in [0.5, 0.6) is 0 Å². The Kier molecular flexibility index (Phi) is 8.28. The molecule has 3 N–H and O–H groups in total. The molecule has 0 rings (SSSR count). The second-order valence-corrected chi connectivity index (χ2v) is 0.346. The topological polar surface area (TPSA) is 60.7 Å². The first-order valence-corrected chi connectivity index (χ1v) is 0.775. The summed E-state index contributed by atoms with van der Waals surface area (Å²) in [7, 11) is -2.17. The molecule has 5 heteroatoms. The second kappa shape index (κ2) is 4.54. The maximum absolute atomic E-state index is 7.17. The Hall–Kier alpha value is 0.542. The van der Waals surface area contributed by atoms with Gasteiger partial charge in [0.1, 0.15) is 0 Å². The molecule has 0 aliphatic rings. The zero-order valence-corrected chi connectivity index (χ0v) is 2.92. The summed E-state index contributed by atoms with van der Waals surface area (Å²) in [5, 5.41) is 21.5. The van der Waals surface area contributed by atoms with E-state index < -0.39 is 7.32 Å². The van der Waals surface area contributed by atoms with Crippen molar-refractivity contribution < 1.29 is 35.4 Å². The smallest absolute Gasteiger partial charge is 1.00 e. The summed E-state index contributed by atoms with van der Waals surface area (Å²) in [4.78, 5) is 0. The fourth-order valence-electron chi connectivity index (χ4n) is 0. The van der Waals surface area contributed by atoms with E-state index in [-0.39, 0.29) is 20.3 Å². The summed E-state index contributed by atoms with van der Waals surface area (Å²) in [6.45, 7) is 0. The number of hydrogen-bond donors (Lipinski definition) is 3. The molecule has 5 heavy (non-hydrogen) atoms. The van der Waals surface area contributed by atoms with E-state index in [9.17, 15) is 0 Å². The molecule has 26 valence electrons. The molecule has 0 radical (unpaired) electrons. The van der Waals surface area contributed by atoms with E-state index >= 15 is 0 Å². The maximum Gasteiger partial charge on any atom is 1.00 e. The Bertz CT molecular complexity index is 15.5. The molecule has 0 aliphatic heterocycles. The number of hydrogen-bond acceptors (Lipinski definition) is 3. The summed E-state index contributed by atoms with van der Waals surface area (Å²) in [6.07, 6.45) is 0. The van der Waals surface area contributed by atoms with Crippen LogP contribution in [0.2, 0.25) is 0 Å². The summed E-state index contributed by atoms with van der Waals surface area (Å²) in [6, 6.07) is 0. The molecule has 3 nitrogen and oxygen atoms in total. The van der Waals surface area contributed by atoms with Crippen molar-refractivity contribution in [1.29, 1.82) is 0 Å². The SMILES string of the molecule is OB(O)O.[H-].[Li+]. The molecular formula is H4BLiO3. The van der Waals surface area contributed by atoms with Gasteiger partial charge in [0.15, 0.2) is 0 Å². The first kappa shape index (κ1) is 9.11. The fourth-order valence-corrected chi connectivity index (χ4v) is 0. The van der Waals surface area contributed by atoms with Crippen LogP contribution in [0.15, 0.2) is 0 Å². The zero-order valence-electron chi connectivity index (χ0n) is 3.92. The average molecular weight is 69.8 g/mol. The minimum absolute atomic E-state index is 0. The summed E-state index contributed by atoms with van der Waals surface area (Å²) in [5.74, 6) is 0. The predicted octanol–water partition coefficient (Wildman–Crippen LogP) is -4.94. The molecule has 0 unspecified atom stereocenters. The van der Waals surface area contributed by atoms with Crippen molar-refractivity contribution in [3.8, 4) is 0 Å². The van der Waals surface area contributed by atoms with Gasteiger partial charge < -0.3 is 16.5 Å². The number of rotatable bonds is 0. The van der Waals surface area contributed by atoms with Crippen LogP contribution in [0.1, 0.15) is 1.43 Å².